The molecule has 1 aromatic carbocycles. The molecule has 2 rings (SSSR count). The summed E-state index contributed by atoms with van der Waals surface area (Å²) < 4.78 is 63.6. The summed E-state index contributed by atoms with van der Waals surface area (Å²) in [5.41, 5.74) is -5.98. The Kier molecular flexibility index (Phi) is 7.73. The summed E-state index contributed by atoms with van der Waals surface area (Å²) in [6.45, 7) is 5.01. The number of nitrogens with zero attached hydrogens (tertiary/aromatic N) is 2. The lowest BCUT2D eigenvalue weighted by Crippen LogP contribution is -2.48. The molecule has 2 aromatic rings. The van der Waals surface area contributed by atoms with Gasteiger partial charge < -0.3 is 10.6 Å². The quantitative estimate of drug-likeness (QED) is 0.435. The predicted molar refractivity (Wildman–Crippen MR) is 116 cm³/mol. The van der Waals surface area contributed by atoms with Crippen LogP contribution in [0.25, 0.3) is 0 Å². The Morgan fingerprint density at radius 2 is 1.75 bits per heavy atom. The molecule has 8 nitrogen and oxygen atoms in total. The fourth-order valence-corrected chi connectivity index (χ4v) is 2.82. The van der Waals surface area contributed by atoms with Crippen LogP contribution in [0.2, 0.25) is 5.02 Å². The number of aromatic nitrogens is 1. The Hall–Kier alpha value is -2.86. The minimum absolute atomic E-state index is 0.174. The SMILES string of the molecule is CC(C)(C)C(N=C(Nc1cccnc1)NS(=O)(=O)C(F)(F)F)NC(=O)c1ccc(Cl)cc1. The van der Waals surface area contributed by atoms with Gasteiger partial charge in [0.1, 0.15) is 6.17 Å². The Bertz CT molecular complexity index is 1070. The lowest BCUT2D eigenvalue weighted by molar-refractivity contribution is -0.0442. The number of sulfonamides is 1. The van der Waals surface area contributed by atoms with E-state index in [0.29, 0.717) is 5.02 Å². The van der Waals surface area contributed by atoms with Gasteiger partial charge in [0.2, 0.25) is 5.96 Å². The molecule has 0 bridgehead atoms. The van der Waals surface area contributed by atoms with Crippen molar-refractivity contribution in [1.82, 2.24) is 15.0 Å². The number of carbonyl (C=O) groups is 1. The molecule has 174 valence electrons. The van der Waals surface area contributed by atoms with Gasteiger partial charge in [0, 0.05) is 22.2 Å². The van der Waals surface area contributed by atoms with Crippen LogP contribution in [0.5, 0.6) is 0 Å². The maximum atomic E-state index is 12.9. The normalized spacial score (nSPS) is 13.9. The summed E-state index contributed by atoms with van der Waals surface area (Å²) in [4.78, 5) is 20.5. The molecule has 0 aliphatic rings. The molecule has 0 aliphatic carbocycles. The molecule has 1 aromatic heterocycles. The van der Waals surface area contributed by atoms with E-state index in [1.165, 1.54) is 53.5 Å². The average molecular weight is 492 g/mol. The minimum Gasteiger partial charge on any atom is -0.330 e. The molecule has 0 saturated heterocycles. The molecule has 0 spiro atoms. The minimum atomic E-state index is -5.78. The molecule has 0 aliphatic heterocycles. The van der Waals surface area contributed by atoms with Gasteiger partial charge in [0.05, 0.1) is 11.9 Å². The first-order valence-corrected chi connectivity index (χ1v) is 11.0. The third kappa shape index (κ3) is 7.09. The maximum Gasteiger partial charge on any atom is 0.516 e. The zero-order valence-corrected chi connectivity index (χ0v) is 18.8. The van der Waals surface area contributed by atoms with Crippen molar-refractivity contribution in [3.05, 3.63) is 59.4 Å². The topological polar surface area (TPSA) is 113 Å². The van der Waals surface area contributed by atoms with E-state index in [1.54, 1.807) is 20.8 Å². The number of amides is 1. The largest absolute Gasteiger partial charge is 0.516 e. The molecular formula is C19H21ClF3N5O3S. The molecule has 1 atom stereocenters. The summed E-state index contributed by atoms with van der Waals surface area (Å²) in [5, 5.41) is 5.46. The zero-order chi connectivity index (χ0) is 24.2. The van der Waals surface area contributed by atoms with Gasteiger partial charge in [0.15, 0.2) is 0 Å². The van der Waals surface area contributed by atoms with Crippen molar-refractivity contribution in [2.24, 2.45) is 10.4 Å². The number of benzene rings is 1. The van der Waals surface area contributed by atoms with Crippen molar-refractivity contribution in [3.8, 4) is 0 Å². The molecule has 1 amide bonds. The monoisotopic (exact) mass is 491 g/mol. The van der Waals surface area contributed by atoms with Gasteiger partial charge >= 0.3 is 15.5 Å². The van der Waals surface area contributed by atoms with Crippen LogP contribution in [0.3, 0.4) is 0 Å². The highest BCUT2D eigenvalue weighted by atomic mass is 35.5. The van der Waals surface area contributed by atoms with Crippen LogP contribution in [0.4, 0.5) is 18.9 Å². The predicted octanol–water partition coefficient (Wildman–Crippen LogP) is 3.74. The van der Waals surface area contributed by atoms with Crippen LogP contribution in [0, 0.1) is 5.41 Å². The molecule has 1 unspecified atom stereocenters. The number of guanidine groups is 1. The highest BCUT2D eigenvalue weighted by molar-refractivity contribution is 7.90. The van der Waals surface area contributed by atoms with Crippen molar-refractivity contribution >= 4 is 39.2 Å². The summed E-state index contributed by atoms with van der Waals surface area (Å²) in [6, 6.07) is 8.85. The van der Waals surface area contributed by atoms with Crippen molar-refractivity contribution in [3.63, 3.8) is 0 Å². The third-order valence-electron chi connectivity index (χ3n) is 3.91. The van der Waals surface area contributed by atoms with E-state index >= 15 is 0 Å². The highest BCUT2D eigenvalue weighted by Crippen LogP contribution is 2.24. The van der Waals surface area contributed by atoms with Crippen molar-refractivity contribution in [2.75, 3.05) is 5.32 Å². The number of nitrogens with one attached hydrogen (secondary N) is 3. The Labute approximate surface area is 188 Å². The van der Waals surface area contributed by atoms with E-state index in [2.05, 4.69) is 20.6 Å². The Balaban J connectivity index is 2.42. The number of alkyl halides is 3. The lowest BCUT2D eigenvalue weighted by Gasteiger charge is -2.29. The second-order valence-electron chi connectivity index (χ2n) is 7.64. The number of hydrogen-bond donors (Lipinski definition) is 3. The number of carbonyl (C=O) groups excluding carboxylic acids is 1. The first kappa shape index (κ1) is 25.4. The summed E-state index contributed by atoms with van der Waals surface area (Å²) in [5.74, 6) is -1.32. The third-order valence-corrected chi connectivity index (χ3v) is 5.24. The smallest absolute Gasteiger partial charge is 0.330 e. The van der Waals surface area contributed by atoms with Gasteiger partial charge in [-0.2, -0.15) is 21.6 Å². The first-order chi connectivity index (χ1) is 14.7. The summed E-state index contributed by atoms with van der Waals surface area (Å²) >= 11 is 5.81. The summed E-state index contributed by atoms with van der Waals surface area (Å²) in [7, 11) is -5.78. The van der Waals surface area contributed by atoms with Crippen molar-refractivity contribution in [1.29, 1.82) is 0 Å². The molecular weight excluding hydrogens is 471 g/mol. The zero-order valence-electron chi connectivity index (χ0n) is 17.2. The van der Waals surface area contributed by atoms with Crippen LogP contribution >= 0.6 is 11.6 Å². The van der Waals surface area contributed by atoms with E-state index in [9.17, 15) is 26.4 Å². The number of hydrogen-bond acceptors (Lipinski definition) is 5. The number of pyridine rings is 1. The molecule has 3 N–H and O–H groups in total. The Morgan fingerprint density at radius 1 is 1.12 bits per heavy atom. The molecule has 0 radical (unpaired) electrons. The van der Waals surface area contributed by atoms with Gasteiger partial charge in [-0.1, -0.05) is 32.4 Å². The van der Waals surface area contributed by atoms with Gasteiger partial charge in [-0.3, -0.25) is 9.78 Å². The number of halogens is 4. The number of aliphatic imine (C=N–C) groups is 1. The van der Waals surface area contributed by atoms with Crippen LogP contribution in [0.1, 0.15) is 31.1 Å². The first-order valence-electron chi connectivity index (χ1n) is 9.09. The second kappa shape index (κ2) is 9.74. The standard InChI is InChI=1S/C19H21ClF3N5O3S/c1-18(2,3)16(26-15(29)12-6-8-13(20)9-7-12)27-17(25-14-5-4-10-24-11-14)28-32(30,31)19(21,22)23/h4-11,16H,1-3H3,(H,26,29)(H2,25,27,28). The Morgan fingerprint density at radius 3 is 2.25 bits per heavy atom. The van der Waals surface area contributed by atoms with Gasteiger partial charge in [-0.15, -0.1) is 0 Å². The lowest BCUT2D eigenvalue weighted by atomic mass is 9.92. The average Bonchev–Trinajstić information content (AvgIpc) is 2.66. The van der Waals surface area contributed by atoms with Gasteiger partial charge in [-0.25, -0.2) is 9.71 Å². The number of rotatable bonds is 5. The van der Waals surface area contributed by atoms with E-state index in [1.807, 2.05) is 0 Å². The molecule has 0 saturated carbocycles. The fraction of sp³-hybridized carbons (Fsp3) is 0.316. The molecule has 0 fully saturated rings. The van der Waals surface area contributed by atoms with E-state index < -0.39 is 39.0 Å². The maximum absolute atomic E-state index is 12.9. The molecule has 32 heavy (non-hydrogen) atoms. The van der Waals surface area contributed by atoms with Gasteiger partial charge in [-0.05, 0) is 36.4 Å². The van der Waals surface area contributed by atoms with Crippen molar-refractivity contribution in [2.45, 2.75) is 32.4 Å². The van der Waals surface area contributed by atoms with Crippen molar-refractivity contribution < 1.29 is 26.4 Å². The molecule has 13 heteroatoms. The van der Waals surface area contributed by atoms with Crippen LogP contribution in [0.15, 0.2) is 53.8 Å². The van der Waals surface area contributed by atoms with E-state index in [0.717, 1.165) is 0 Å². The van der Waals surface area contributed by atoms with E-state index in [4.69, 9.17) is 11.6 Å². The second-order valence-corrected chi connectivity index (χ2v) is 9.75. The number of anilines is 1. The van der Waals surface area contributed by atoms with Crippen LogP contribution < -0.4 is 15.4 Å². The fourth-order valence-electron chi connectivity index (χ4n) is 2.22. The summed E-state index contributed by atoms with van der Waals surface area (Å²) in [6.07, 6.45) is 1.56. The van der Waals surface area contributed by atoms with Crippen LogP contribution in [-0.2, 0) is 10.0 Å². The van der Waals surface area contributed by atoms with E-state index in [-0.39, 0.29) is 11.3 Å². The highest BCUT2D eigenvalue weighted by Gasteiger charge is 2.47. The molecule has 1 heterocycles. The van der Waals surface area contributed by atoms with Crippen LogP contribution in [-0.4, -0.2) is 36.9 Å². The van der Waals surface area contributed by atoms with Gasteiger partial charge in [0.25, 0.3) is 5.91 Å².